The number of aliphatic hydroxyl groups is 2. The van der Waals surface area contributed by atoms with E-state index in [4.69, 9.17) is 4.74 Å². The van der Waals surface area contributed by atoms with Gasteiger partial charge in [-0.05, 0) is 49.8 Å². The zero-order valence-electron chi connectivity index (χ0n) is 17.5. The number of rotatable bonds is 9. The molecule has 5 nitrogen and oxygen atoms in total. The zero-order valence-corrected chi connectivity index (χ0v) is 17.5. The number of piperazine rings is 1. The van der Waals surface area contributed by atoms with Crippen molar-refractivity contribution in [2.75, 3.05) is 39.4 Å². The van der Waals surface area contributed by atoms with Crippen LogP contribution in [0.5, 0.6) is 5.75 Å². The lowest BCUT2D eigenvalue weighted by Crippen LogP contribution is -2.54. The van der Waals surface area contributed by atoms with E-state index >= 15 is 0 Å². The van der Waals surface area contributed by atoms with Crippen LogP contribution in [0.1, 0.15) is 56.6 Å². The standard InChI is InChI=1S/C23H38N2O3/c1-2-28-23-9-8-20(14-21(23)18-27)15-24-11-12-25(22(17-24)10-13-26)16-19-6-4-3-5-7-19/h8-9,14,19,22,26-27H,2-7,10-13,15-18H2,1H3/t22-/m1/s1. The summed E-state index contributed by atoms with van der Waals surface area (Å²) in [5.41, 5.74) is 2.08. The first-order chi connectivity index (χ1) is 13.7. The molecule has 0 radical (unpaired) electrons. The Bertz CT molecular complexity index is 589. The third-order valence-electron chi connectivity index (χ3n) is 6.37. The van der Waals surface area contributed by atoms with Crippen molar-refractivity contribution in [1.29, 1.82) is 0 Å². The highest BCUT2D eigenvalue weighted by Crippen LogP contribution is 2.27. The summed E-state index contributed by atoms with van der Waals surface area (Å²) < 4.78 is 5.60. The third-order valence-corrected chi connectivity index (χ3v) is 6.37. The quantitative estimate of drug-likeness (QED) is 0.679. The lowest BCUT2D eigenvalue weighted by atomic mass is 9.88. The maximum absolute atomic E-state index is 9.65. The maximum atomic E-state index is 9.65. The number of ether oxygens (including phenoxy) is 1. The first-order valence-corrected chi connectivity index (χ1v) is 11.2. The molecule has 1 heterocycles. The van der Waals surface area contributed by atoms with Crippen molar-refractivity contribution in [2.24, 2.45) is 5.92 Å². The number of hydrogen-bond acceptors (Lipinski definition) is 5. The second kappa shape index (κ2) is 11.1. The fraction of sp³-hybridized carbons (Fsp3) is 0.739. The molecule has 0 amide bonds. The van der Waals surface area contributed by atoms with Gasteiger partial charge in [0.25, 0.3) is 0 Å². The van der Waals surface area contributed by atoms with E-state index in [9.17, 15) is 10.2 Å². The van der Waals surface area contributed by atoms with Crippen molar-refractivity contribution in [3.8, 4) is 5.75 Å². The number of aliphatic hydroxyl groups excluding tert-OH is 2. The predicted molar refractivity (Wildman–Crippen MR) is 112 cm³/mol. The largest absolute Gasteiger partial charge is 0.494 e. The molecule has 2 N–H and O–H groups in total. The summed E-state index contributed by atoms with van der Waals surface area (Å²) in [5, 5.41) is 19.2. The van der Waals surface area contributed by atoms with Gasteiger partial charge in [-0.3, -0.25) is 9.80 Å². The summed E-state index contributed by atoms with van der Waals surface area (Å²) in [6.45, 7) is 8.09. The van der Waals surface area contributed by atoms with Gasteiger partial charge < -0.3 is 14.9 Å². The summed E-state index contributed by atoms with van der Waals surface area (Å²) in [6.07, 6.45) is 7.79. The topological polar surface area (TPSA) is 56.2 Å². The Morgan fingerprint density at radius 1 is 1.11 bits per heavy atom. The molecule has 1 atom stereocenters. The lowest BCUT2D eigenvalue weighted by molar-refractivity contribution is 0.0400. The molecule has 3 rings (SSSR count). The summed E-state index contributed by atoms with van der Waals surface area (Å²) in [7, 11) is 0. The van der Waals surface area contributed by atoms with E-state index in [0.29, 0.717) is 12.6 Å². The van der Waals surface area contributed by atoms with Gasteiger partial charge >= 0.3 is 0 Å². The second-order valence-electron chi connectivity index (χ2n) is 8.43. The van der Waals surface area contributed by atoms with Gasteiger partial charge in [0.15, 0.2) is 0 Å². The van der Waals surface area contributed by atoms with Crippen molar-refractivity contribution < 1.29 is 14.9 Å². The molecule has 28 heavy (non-hydrogen) atoms. The van der Waals surface area contributed by atoms with Crippen LogP contribution in [0.2, 0.25) is 0 Å². The molecule has 2 aliphatic rings. The van der Waals surface area contributed by atoms with Crippen LogP contribution in [0.15, 0.2) is 18.2 Å². The van der Waals surface area contributed by atoms with Crippen LogP contribution >= 0.6 is 0 Å². The third kappa shape index (κ3) is 5.93. The summed E-state index contributed by atoms with van der Waals surface area (Å²) in [6, 6.07) is 6.61. The molecule has 5 heteroatoms. The van der Waals surface area contributed by atoms with Crippen LogP contribution in [0, 0.1) is 5.92 Å². The zero-order chi connectivity index (χ0) is 19.8. The van der Waals surface area contributed by atoms with Crippen molar-refractivity contribution in [3.05, 3.63) is 29.3 Å². The monoisotopic (exact) mass is 390 g/mol. The van der Waals surface area contributed by atoms with Gasteiger partial charge in [-0.25, -0.2) is 0 Å². The fourth-order valence-corrected chi connectivity index (χ4v) is 4.87. The highest BCUT2D eigenvalue weighted by molar-refractivity contribution is 5.37. The number of hydrogen-bond donors (Lipinski definition) is 2. The van der Waals surface area contributed by atoms with Crippen LogP contribution in [0.4, 0.5) is 0 Å². The molecule has 2 fully saturated rings. The van der Waals surface area contributed by atoms with Gasteiger partial charge in [-0.1, -0.05) is 25.3 Å². The molecular weight excluding hydrogens is 352 g/mol. The Kier molecular flexibility index (Phi) is 8.59. The molecule has 1 aromatic carbocycles. The van der Waals surface area contributed by atoms with Gasteiger partial charge in [0, 0.05) is 50.9 Å². The number of nitrogens with zero attached hydrogens (tertiary/aromatic N) is 2. The summed E-state index contributed by atoms with van der Waals surface area (Å²) in [4.78, 5) is 5.13. The van der Waals surface area contributed by atoms with E-state index in [1.54, 1.807) is 0 Å². The molecule has 1 aromatic rings. The molecule has 1 saturated heterocycles. The van der Waals surface area contributed by atoms with E-state index in [0.717, 1.165) is 49.8 Å². The molecule has 1 aliphatic carbocycles. The molecule has 1 aliphatic heterocycles. The second-order valence-corrected chi connectivity index (χ2v) is 8.43. The highest BCUT2D eigenvalue weighted by Gasteiger charge is 2.29. The molecule has 158 valence electrons. The Labute approximate surface area is 170 Å². The molecular formula is C23H38N2O3. The van der Waals surface area contributed by atoms with Gasteiger partial charge in [0.1, 0.15) is 5.75 Å². The predicted octanol–water partition coefficient (Wildman–Crippen LogP) is 3.03. The molecule has 0 bridgehead atoms. The van der Waals surface area contributed by atoms with E-state index < -0.39 is 0 Å². The summed E-state index contributed by atoms with van der Waals surface area (Å²) >= 11 is 0. The fourth-order valence-electron chi connectivity index (χ4n) is 4.87. The van der Waals surface area contributed by atoms with Gasteiger partial charge in [-0.2, -0.15) is 0 Å². The van der Waals surface area contributed by atoms with Gasteiger partial charge in [0.05, 0.1) is 13.2 Å². The van der Waals surface area contributed by atoms with E-state index in [2.05, 4.69) is 21.9 Å². The SMILES string of the molecule is CCOc1ccc(CN2CCN(CC3CCCCC3)[C@H](CCO)C2)cc1CO. The average molecular weight is 391 g/mol. The van der Waals surface area contributed by atoms with Gasteiger partial charge in [-0.15, -0.1) is 0 Å². The van der Waals surface area contributed by atoms with Crippen molar-refractivity contribution in [2.45, 2.75) is 64.6 Å². The van der Waals surface area contributed by atoms with Crippen LogP contribution in [-0.2, 0) is 13.2 Å². The van der Waals surface area contributed by atoms with Crippen LogP contribution in [0.3, 0.4) is 0 Å². The minimum atomic E-state index is 0.00543. The Hall–Kier alpha value is -1.14. The number of benzene rings is 1. The van der Waals surface area contributed by atoms with Crippen molar-refractivity contribution in [1.82, 2.24) is 9.80 Å². The average Bonchev–Trinajstić information content (AvgIpc) is 2.72. The Balaban J connectivity index is 1.58. The van der Waals surface area contributed by atoms with E-state index in [1.807, 2.05) is 13.0 Å². The first kappa shape index (κ1) is 21.6. The molecule has 0 spiro atoms. The van der Waals surface area contributed by atoms with Crippen LogP contribution < -0.4 is 4.74 Å². The Morgan fingerprint density at radius 2 is 1.93 bits per heavy atom. The summed E-state index contributed by atoms with van der Waals surface area (Å²) in [5.74, 6) is 1.63. The normalized spacial score (nSPS) is 22.5. The van der Waals surface area contributed by atoms with Crippen molar-refractivity contribution in [3.63, 3.8) is 0 Å². The van der Waals surface area contributed by atoms with E-state index in [-0.39, 0.29) is 13.2 Å². The first-order valence-electron chi connectivity index (χ1n) is 11.2. The minimum absolute atomic E-state index is 0.00543. The lowest BCUT2D eigenvalue weighted by Gasteiger charge is -2.43. The molecule has 0 aromatic heterocycles. The minimum Gasteiger partial charge on any atom is -0.494 e. The van der Waals surface area contributed by atoms with Crippen LogP contribution in [-0.4, -0.2) is 65.4 Å². The highest BCUT2D eigenvalue weighted by atomic mass is 16.5. The molecule has 0 unspecified atom stereocenters. The Morgan fingerprint density at radius 3 is 2.64 bits per heavy atom. The maximum Gasteiger partial charge on any atom is 0.124 e. The van der Waals surface area contributed by atoms with E-state index in [1.165, 1.54) is 44.2 Å². The van der Waals surface area contributed by atoms with Gasteiger partial charge in [0.2, 0.25) is 0 Å². The molecule has 1 saturated carbocycles. The van der Waals surface area contributed by atoms with Crippen LogP contribution in [0.25, 0.3) is 0 Å². The van der Waals surface area contributed by atoms with Crippen molar-refractivity contribution >= 4 is 0 Å². The smallest absolute Gasteiger partial charge is 0.124 e.